The number of methoxy groups -OCH3 is 1. The molecule has 0 aliphatic rings. The third-order valence-electron chi connectivity index (χ3n) is 3.24. The molecule has 0 atom stereocenters. The van der Waals surface area contributed by atoms with Crippen molar-refractivity contribution in [2.75, 3.05) is 20.2 Å². The highest BCUT2D eigenvalue weighted by molar-refractivity contribution is 7.11. The minimum atomic E-state index is -0.136. The molecule has 0 amide bonds. The predicted octanol–water partition coefficient (Wildman–Crippen LogP) is 2.49. The van der Waals surface area contributed by atoms with E-state index >= 15 is 0 Å². The number of nitrogens with one attached hydrogen (secondary N) is 2. The van der Waals surface area contributed by atoms with E-state index in [1.165, 1.54) is 12.0 Å². The quantitative estimate of drug-likeness (QED) is 0.296. The van der Waals surface area contributed by atoms with Gasteiger partial charge in [-0.3, -0.25) is 4.79 Å². The standard InChI is InChI=1S/C16H28N4O2S/c1-4-13-11-19-14(23-13)12-20-16(17-5-2)18-10-8-6-7-9-15(21)22-3/h11H,4-10,12H2,1-3H3,(H2,17,18,20). The Morgan fingerprint density at radius 3 is 2.78 bits per heavy atom. The number of rotatable bonds is 10. The van der Waals surface area contributed by atoms with Gasteiger partial charge in [0.1, 0.15) is 5.01 Å². The highest BCUT2D eigenvalue weighted by Gasteiger charge is 2.02. The zero-order valence-electron chi connectivity index (χ0n) is 14.4. The maximum absolute atomic E-state index is 11.0. The SMILES string of the molecule is CCNC(=NCc1ncc(CC)s1)NCCCCCC(=O)OC. The zero-order valence-corrected chi connectivity index (χ0v) is 15.2. The van der Waals surface area contributed by atoms with Gasteiger partial charge in [-0.2, -0.15) is 0 Å². The number of aromatic nitrogens is 1. The van der Waals surface area contributed by atoms with E-state index in [0.717, 1.165) is 49.7 Å². The van der Waals surface area contributed by atoms with E-state index in [1.807, 2.05) is 13.1 Å². The summed E-state index contributed by atoms with van der Waals surface area (Å²) in [5.74, 6) is 0.677. The summed E-state index contributed by atoms with van der Waals surface area (Å²) in [7, 11) is 1.43. The lowest BCUT2D eigenvalue weighted by molar-refractivity contribution is -0.140. The van der Waals surface area contributed by atoms with Crippen LogP contribution in [0.1, 0.15) is 49.4 Å². The molecule has 0 radical (unpaired) electrons. The van der Waals surface area contributed by atoms with Crippen LogP contribution in [0.5, 0.6) is 0 Å². The van der Waals surface area contributed by atoms with Crippen molar-refractivity contribution in [1.29, 1.82) is 0 Å². The molecule has 1 rings (SSSR count). The Hall–Kier alpha value is -1.63. The molecule has 0 saturated heterocycles. The monoisotopic (exact) mass is 340 g/mol. The van der Waals surface area contributed by atoms with Crippen molar-refractivity contribution >= 4 is 23.3 Å². The minimum Gasteiger partial charge on any atom is -0.469 e. The predicted molar refractivity (Wildman–Crippen MR) is 94.8 cm³/mol. The van der Waals surface area contributed by atoms with Gasteiger partial charge < -0.3 is 15.4 Å². The number of hydrogen-bond acceptors (Lipinski definition) is 5. The topological polar surface area (TPSA) is 75.6 Å². The molecule has 0 fully saturated rings. The van der Waals surface area contributed by atoms with Gasteiger partial charge in [0.15, 0.2) is 5.96 Å². The average molecular weight is 340 g/mol. The molecule has 1 heterocycles. The van der Waals surface area contributed by atoms with Gasteiger partial charge >= 0.3 is 5.97 Å². The van der Waals surface area contributed by atoms with Crippen molar-refractivity contribution in [3.05, 3.63) is 16.1 Å². The van der Waals surface area contributed by atoms with Crippen LogP contribution in [0.2, 0.25) is 0 Å². The van der Waals surface area contributed by atoms with E-state index in [1.54, 1.807) is 11.3 Å². The Balaban J connectivity index is 2.28. The normalized spacial score (nSPS) is 11.3. The second-order valence-electron chi connectivity index (χ2n) is 5.08. The molecule has 2 N–H and O–H groups in total. The molecule has 6 nitrogen and oxygen atoms in total. The summed E-state index contributed by atoms with van der Waals surface area (Å²) in [6, 6.07) is 0. The summed E-state index contributed by atoms with van der Waals surface area (Å²) in [5.41, 5.74) is 0. The minimum absolute atomic E-state index is 0.136. The third kappa shape index (κ3) is 8.54. The summed E-state index contributed by atoms with van der Waals surface area (Å²) in [4.78, 5) is 21.2. The molecule has 0 aliphatic heterocycles. The second-order valence-corrected chi connectivity index (χ2v) is 6.28. The maximum Gasteiger partial charge on any atom is 0.305 e. The number of nitrogens with zero attached hydrogens (tertiary/aromatic N) is 2. The third-order valence-corrected chi connectivity index (χ3v) is 4.37. The van der Waals surface area contributed by atoms with Gasteiger partial charge in [0, 0.05) is 30.6 Å². The van der Waals surface area contributed by atoms with Gasteiger partial charge in [-0.1, -0.05) is 13.3 Å². The fourth-order valence-corrected chi connectivity index (χ4v) is 2.74. The van der Waals surface area contributed by atoms with Gasteiger partial charge in [-0.05, 0) is 26.2 Å². The number of unbranched alkanes of at least 4 members (excludes halogenated alkanes) is 2. The Bertz CT molecular complexity index is 488. The van der Waals surface area contributed by atoms with Crippen molar-refractivity contribution in [2.45, 2.75) is 52.5 Å². The lowest BCUT2D eigenvalue weighted by Crippen LogP contribution is -2.37. The number of aliphatic imine (C=N–C) groups is 1. The van der Waals surface area contributed by atoms with Crippen LogP contribution in [0, 0.1) is 0 Å². The molecular weight excluding hydrogens is 312 g/mol. The molecular formula is C16H28N4O2S. The molecule has 7 heteroatoms. The number of thiazole rings is 1. The second kappa shape index (κ2) is 11.9. The molecule has 0 spiro atoms. The first-order valence-corrected chi connectivity index (χ1v) is 9.03. The number of esters is 1. The molecule has 0 aromatic carbocycles. The van der Waals surface area contributed by atoms with Crippen LogP contribution in [0.3, 0.4) is 0 Å². The van der Waals surface area contributed by atoms with Crippen LogP contribution in [-0.2, 0) is 22.5 Å². The van der Waals surface area contributed by atoms with Crippen LogP contribution in [-0.4, -0.2) is 37.1 Å². The Kier molecular flexibility index (Phi) is 10.0. The van der Waals surface area contributed by atoms with Gasteiger partial charge in [0.25, 0.3) is 0 Å². The highest BCUT2D eigenvalue weighted by atomic mass is 32.1. The van der Waals surface area contributed by atoms with E-state index in [9.17, 15) is 4.79 Å². The lowest BCUT2D eigenvalue weighted by Gasteiger charge is -2.10. The maximum atomic E-state index is 11.0. The van der Waals surface area contributed by atoms with Crippen molar-refractivity contribution in [3.63, 3.8) is 0 Å². The van der Waals surface area contributed by atoms with E-state index < -0.39 is 0 Å². The van der Waals surface area contributed by atoms with Crippen molar-refractivity contribution in [3.8, 4) is 0 Å². The summed E-state index contributed by atoms with van der Waals surface area (Å²) in [6.07, 6.45) is 6.30. The van der Waals surface area contributed by atoms with Crippen molar-refractivity contribution in [2.24, 2.45) is 4.99 Å². The Morgan fingerprint density at radius 2 is 2.13 bits per heavy atom. The first-order valence-electron chi connectivity index (χ1n) is 8.22. The van der Waals surface area contributed by atoms with Crippen LogP contribution in [0.25, 0.3) is 0 Å². The van der Waals surface area contributed by atoms with Gasteiger partial charge in [0.05, 0.1) is 13.7 Å². The number of hydrogen-bond donors (Lipinski definition) is 2. The Morgan fingerprint density at radius 1 is 1.30 bits per heavy atom. The summed E-state index contributed by atoms with van der Waals surface area (Å²) in [5, 5.41) is 7.59. The largest absolute Gasteiger partial charge is 0.469 e. The Labute approximate surface area is 142 Å². The molecule has 0 aliphatic carbocycles. The summed E-state index contributed by atoms with van der Waals surface area (Å²) in [6.45, 7) is 6.44. The van der Waals surface area contributed by atoms with Crippen molar-refractivity contribution < 1.29 is 9.53 Å². The van der Waals surface area contributed by atoms with E-state index in [4.69, 9.17) is 0 Å². The first-order chi connectivity index (χ1) is 11.2. The number of ether oxygens (including phenoxy) is 1. The first kappa shape index (κ1) is 19.4. The molecule has 0 unspecified atom stereocenters. The summed E-state index contributed by atoms with van der Waals surface area (Å²) >= 11 is 1.72. The van der Waals surface area contributed by atoms with Crippen molar-refractivity contribution in [1.82, 2.24) is 15.6 Å². The average Bonchev–Trinajstić information content (AvgIpc) is 3.03. The lowest BCUT2D eigenvalue weighted by atomic mass is 10.2. The van der Waals surface area contributed by atoms with E-state index in [2.05, 4.69) is 32.3 Å². The fourth-order valence-electron chi connectivity index (χ4n) is 1.95. The van der Waals surface area contributed by atoms with Gasteiger partial charge in [-0.15, -0.1) is 11.3 Å². The molecule has 0 bridgehead atoms. The molecule has 1 aromatic rings. The zero-order chi connectivity index (χ0) is 16.9. The van der Waals surface area contributed by atoms with Crippen LogP contribution in [0.15, 0.2) is 11.2 Å². The fraction of sp³-hybridized carbons (Fsp3) is 0.688. The van der Waals surface area contributed by atoms with Crippen LogP contribution in [0.4, 0.5) is 0 Å². The van der Waals surface area contributed by atoms with E-state index in [0.29, 0.717) is 13.0 Å². The number of carbonyl (C=O) groups excluding carboxylic acids is 1. The number of aryl methyl sites for hydroxylation is 1. The molecule has 0 saturated carbocycles. The summed E-state index contributed by atoms with van der Waals surface area (Å²) < 4.78 is 4.62. The molecule has 1 aromatic heterocycles. The van der Waals surface area contributed by atoms with E-state index in [-0.39, 0.29) is 5.97 Å². The van der Waals surface area contributed by atoms with Gasteiger partial charge in [0.2, 0.25) is 0 Å². The van der Waals surface area contributed by atoms with Crippen LogP contribution >= 0.6 is 11.3 Å². The molecule has 130 valence electrons. The smallest absolute Gasteiger partial charge is 0.305 e. The van der Waals surface area contributed by atoms with Gasteiger partial charge in [-0.25, -0.2) is 9.98 Å². The molecule has 23 heavy (non-hydrogen) atoms. The number of carbonyl (C=O) groups is 1. The van der Waals surface area contributed by atoms with Crippen LogP contribution < -0.4 is 10.6 Å². The number of guanidine groups is 1. The highest BCUT2D eigenvalue weighted by Crippen LogP contribution is 2.13.